The lowest BCUT2D eigenvalue weighted by Gasteiger charge is -2.28. The van der Waals surface area contributed by atoms with Gasteiger partial charge in [-0.3, -0.25) is 9.59 Å². The number of carboxylic acids is 1. The van der Waals surface area contributed by atoms with E-state index in [1.807, 2.05) is 6.92 Å². The summed E-state index contributed by atoms with van der Waals surface area (Å²) in [6.07, 6.45) is 3.63. The second-order valence-electron chi connectivity index (χ2n) is 6.59. The largest absolute Gasteiger partial charge is 0.481 e. The third-order valence-corrected chi connectivity index (χ3v) is 4.57. The Morgan fingerprint density at radius 1 is 1.27 bits per heavy atom. The Labute approximate surface area is 151 Å². The van der Waals surface area contributed by atoms with Crippen molar-refractivity contribution in [2.24, 2.45) is 0 Å². The van der Waals surface area contributed by atoms with Crippen LogP contribution in [0.15, 0.2) is 18.2 Å². The minimum absolute atomic E-state index is 0.00778. The third kappa shape index (κ3) is 5.76. The van der Waals surface area contributed by atoms with Crippen LogP contribution in [0.3, 0.4) is 0 Å². The van der Waals surface area contributed by atoms with Gasteiger partial charge in [0.2, 0.25) is 0 Å². The summed E-state index contributed by atoms with van der Waals surface area (Å²) in [6, 6.07) is 3.41. The van der Waals surface area contributed by atoms with Crippen molar-refractivity contribution in [3.05, 3.63) is 35.4 Å². The van der Waals surface area contributed by atoms with E-state index in [1.54, 1.807) is 0 Å². The van der Waals surface area contributed by atoms with Crippen molar-refractivity contribution in [3.8, 4) is 0 Å². The summed E-state index contributed by atoms with van der Waals surface area (Å²) in [6.45, 7) is 1.83. The molecule has 1 amide bonds. The lowest BCUT2D eigenvalue weighted by atomic mass is 10.1. The number of hydrogen-bond donors (Lipinski definition) is 1. The van der Waals surface area contributed by atoms with Gasteiger partial charge in [0.05, 0.1) is 12.5 Å². The number of rotatable bonds is 9. The predicted octanol–water partition coefficient (Wildman–Crippen LogP) is 3.51. The average Bonchev–Trinajstić information content (AvgIpc) is 3.12. The highest BCUT2D eigenvalue weighted by Crippen LogP contribution is 2.24. The lowest BCUT2D eigenvalue weighted by Crippen LogP contribution is -2.42. The van der Waals surface area contributed by atoms with Gasteiger partial charge < -0.3 is 14.7 Å². The van der Waals surface area contributed by atoms with E-state index in [0.717, 1.165) is 37.8 Å². The van der Waals surface area contributed by atoms with E-state index in [0.29, 0.717) is 12.0 Å². The molecule has 0 aromatic heterocycles. The molecule has 0 spiro atoms. The third-order valence-electron chi connectivity index (χ3n) is 4.57. The molecule has 1 aliphatic rings. The van der Waals surface area contributed by atoms with E-state index in [-0.39, 0.29) is 31.5 Å². The van der Waals surface area contributed by atoms with Crippen LogP contribution in [0.2, 0.25) is 0 Å². The number of ether oxygens (including phenoxy) is 1. The Hall–Kier alpha value is -2.02. The van der Waals surface area contributed by atoms with Crippen LogP contribution in [0.25, 0.3) is 0 Å². The Kier molecular flexibility index (Phi) is 7.50. The first-order valence-corrected chi connectivity index (χ1v) is 9.00. The minimum Gasteiger partial charge on any atom is -0.481 e. The van der Waals surface area contributed by atoms with Crippen molar-refractivity contribution in [1.29, 1.82) is 0 Å². The number of carbonyl (C=O) groups excluding carboxylic acids is 1. The molecule has 2 rings (SSSR count). The van der Waals surface area contributed by atoms with Gasteiger partial charge in [-0.2, -0.15) is 0 Å². The van der Waals surface area contributed by atoms with Crippen LogP contribution in [0.4, 0.5) is 8.78 Å². The summed E-state index contributed by atoms with van der Waals surface area (Å²) < 4.78 is 32.5. The maximum absolute atomic E-state index is 13.4. The van der Waals surface area contributed by atoms with Gasteiger partial charge in [0.25, 0.3) is 5.91 Å². The number of amides is 1. The predicted molar refractivity (Wildman–Crippen MR) is 91.4 cm³/mol. The molecule has 0 heterocycles. The molecule has 26 heavy (non-hydrogen) atoms. The molecule has 1 aliphatic carbocycles. The van der Waals surface area contributed by atoms with Crippen LogP contribution in [0.1, 0.15) is 51.0 Å². The molecule has 0 saturated heterocycles. The van der Waals surface area contributed by atoms with Gasteiger partial charge in [0.15, 0.2) is 11.6 Å². The molecule has 0 bridgehead atoms. The molecular formula is C19H25F2NO4. The number of carbonyl (C=O) groups is 2. The monoisotopic (exact) mass is 369 g/mol. The smallest absolute Gasteiger partial charge is 0.305 e. The number of hydrogen-bond acceptors (Lipinski definition) is 3. The van der Waals surface area contributed by atoms with Crippen LogP contribution in [0.5, 0.6) is 0 Å². The quantitative estimate of drug-likeness (QED) is 0.723. The number of nitrogens with zero attached hydrogens (tertiary/aromatic N) is 1. The van der Waals surface area contributed by atoms with Crippen LogP contribution in [-0.2, 0) is 20.9 Å². The second kappa shape index (κ2) is 9.62. The van der Waals surface area contributed by atoms with Gasteiger partial charge in [-0.15, -0.1) is 0 Å². The van der Waals surface area contributed by atoms with E-state index in [4.69, 9.17) is 9.84 Å². The SMILES string of the molecule is CCC(OC1CCCC1)C(=O)N(CCC(=O)O)Cc1ccc(F)c(F)c1. The van der Waals surface area contributed by atoms with Crippen LogP contribution in [0, 0.1) is 11.6 Å². The fraction of sp³-hybridized carbons (Fsp3) is 0.579. The minimum atomic E-state index is -1.03. The number of benzene rings is 1. The molecule has 5 nitrogen and oxygen atoms in total. The summed E-state index contributed by atoms with van der Waals surface area (Å²) in [5.74, 6) is -3.31. The van der Waals surface area contributed by atoms with Crippen LogP contribution < -0.4 is 0 Å². The molecule has 1 unspecified atom stereocenters. The van der Waals surface area contributed by atoms with E-state index in [1.165, 1.54) is 11.0 Å². The fourth-order valence-electron chi connectivity index (χ4n) is 3.15. The van der Waals surface area contributed by atoms with Crippen molar-refractivity contribution in [2.75, 3.05) is 6.54 Å². The fourth-order valence-corrected chi connectivity index (χ4v) is 3.15. The Morgan fingerprint density at radius 3 is 2.54 bits per heavy atom. The number of carboxylic acid groups (broad SMARTS) is 1. The second-order valence-corrected chi connectivity index (χ2v) is 6.59. The summed E-state index contributed by atoms with van der Waals surface area (Å²) in [4.78, 5) is 25.1. The van der Waals surface area contributed by atoms with Gasteiger partial charge in [-0.1, -0.05) is 25.8 Å². The van der Waals surface area contributed by atoms with Crippen LogP contribution in [-0.4, -0.2) is 40.6 Å². The average molecular weight is 369 g/mol. The molecule has 0 radical (unpaired) electrons. The molecule has 7 heteroatoms. The zero-order valence-corrected chi connectivity index (χ0v) is 14.9. The number of aliphatic carboxylic acids is 1. The maximum atomic E-state index is 13.4. The molecule has 1 saturated carbocycles. The summed E-state index contributed by atoms with van der Waals surface area (Å²) >= 11 is 0. The molecule has 1 atom stereocenters. The van der Waals surface area contributed by atoms with Gasteiger partial charge in [0, 0.05) is 13.1 Å². The van der Waals surface area contributed by atoms with Crippen molar-refractivity contribution >= 4 is 11.9 Å². The highest BCUT2D eigenvalue weighted by atomic mass is 19.2. The van der Waals surface area contributed by atoms with Gasteiger partial charge >= 0.3 is 5.97 Å². The highest BCUT2D eigenvalue weighted by molar-refractivity contribution is 5.81. The first-order chi connectivity index (χ1) is 12.4. The van der Waals surface area contributed by atoms with Crippen molar-refractivity contribution < 1.29 is 28.2 Å². The summed E-state index contributed by atoms with van der Waals surface area (Å²) in [5.41, 5.74) is 0.401. The molecule has 1 fully saturated rings. The molecule has 1 aromatic carbocycles. The van der Waals surface area contributed by atoms with E-state index in [9.17, 15) is 18.4 Å². The maximum Gasteiger partial charge on any atom is 0.305 e. The number of halogens is 2. The first-order valence-electron chi connectivity index (χ1n) is 9.00. The zero-order chi connectivity index (χ0) is 19.1. The molecule has 1 aromatic rings. The van der Waals surface area contributed by atoms with Crippen molar-refractivity contribution in [2.45, 2.75) is 64.2 Å². The van der Waals surface area contributed by atoms with Gasteiger partial charge in [0.1, 0.15) is 6.10 Å². The lowest BCUT2D eigenvalue weighted by molar-refractivity contribution is -0.149. The Bertz CT molecular complexity index is 632. The highest BCUT2D eigenvalue weighted by Gasteiger charge is 2.28. The first kappa shape index (κ1) is 20.3. The molecular weight excluding hydrogens is 344 g/mol. The normalized spacial score (nSPS) is 15.8. The van der Waals surface area contributed by atoms with Crippen LogP contribution >= 0.6 is 0 Å². The van der Waals surface area contributed by atoms with Crippen molar-refractivity contribution in [3.63, 3.8) is 0 Å². The summed E-state index contributed by atoms with van der Waals surface area (Å²) in [7, 11) is 0. The Balaban J connectivity index is 2.10. The zero-order valence-electron chi connectivity index (χ0n) is 14.9. The topological polar surface area (TPSA) is 66.8 Å². The molecule has 1 N–H and O–H groups in total. The van der Waals surface area contributed by atoms with E-state index >= 15 is 0 Å². The van der Waals surface area contributed by atoms with Gasteiger partial charge in [-0.25, -0.2) is 8.78 Å². The van der Waals surface area contributed by atoms with Gasteiger partial charge in [-0.05, 0) is 37.0 Å². The Morgan fingerprint density at radius 2 is 1.96 bits per heavy atom. The van der Waals surface area contributed by atoms with E-state index in [2.05, 4.69) is 0 Å². The van der Waals surface area contributed by atoms with Crippen molar-refractivity contribution in [1.82, 2.24) is 4.90 Å². The molecule has 144 valence electrons. The standard InChI is InChI=1S/C19H25F2NO4/c1-2-17(26-14-5-3-4-6-14)19(25)22(10-9-18(23)24)12-13-7-8-15(20)16(21)11-13/h7-8,11,14,17H,2-6,9-10,12H2,1H3,(H,23,24). The summed E-state index contributed by atoms with van der Waals surface area (Å²) in [5, 5.41) is 8.94. The molecule has 0 aliphatic heterocycles. The van der Waals surface area contributed by atoms with E-state index < -0.39 is 23.7 Å².